The fourth-order valence-electron chi connectivity index (χ4n) is 7.97. The van der Waals surface area contributed by atoms with Gasteiger partial charge in [0.1, 0.15) is 0 Å². The molecule has 1 aliphatic rings. The number of aliphatic hydroxyl groups excluding tert-OH is 1. The van der Waals surface area contributed by atoms with Gasteiger partial charge in [0.25, 0.3) is 0 Å². The van der Waals surface area contributed by atoms with Crippen molar-refractivity contribution < 1.29 is 24.2 Å². The highest BCUT2D eigenvalue weighted by Crippen LogP contribution is 2.42. The summed E-state index contributed by atoms with van der Waals surface area (Å²) in [7, 11) is 0. The standard InChI is InChI=1S/C50H75N3O5/c1-5-7-9-11-13-18-32-53(33-19-14-12-10-8-6-2)37-47-39(3)49(43-29-27-41(38-54)28-30-43)58-50(57-47)46-25-21-24-45(35-46)44-23-20-22-42(34-44)36-52-48(56)26-16-15-17-31-51-40(4)55/h20-25,27-30,34-35,39,47,49-50,54H,5-19,26,31-33,36-38H2,1-4H3,(H,51,55)(H,52,56). The number of amides is 2. The minimum Gasteiger partial charge on any atom is -0.392 e. The van der Waals surface area contributed by atoms with E-state index in [1.54, 1.807) is 0 Å². The summed E-state index contributed by atoms with van der Waals surface area (Å²) in [5, 5.41) is 15.6. The number of benzene rings is 3. The molecule has 0 aromatic heterocycles. The van der Waals surface area contributed by atoms with Gasteiger partial charge in [-0.15, -0.1) is 0 Å². The maximum absolute atomic E-state index is 12.6. The molecule has 320 valence electrons. The van der Waals surface area contributed by atoms with Crippen molar-refractivity contribution in [2.24, 2.45) is 5.92 Å². The molecule has 3 aromatic carbocycles. The number of ether oxygens (including phenoxy) is 2. The Kier molecular flexibility index (Phi) is 22.1. The molecule has 0 spiro atoms. The second kappa shape index (κ2) is 27.2. The largest absolute Gasteiger partial charge is 0.392 e. The van der Waals surface area contributed by atoms with Crippen LogP contribution in [0.5, 0.6) is 0 Å². The molecular weight excluding hydrogens is 723 g/mol. The molecule has 0 bridgehead atoms. The SMILES string of the molecule is CCCCCCCCN(CCCCCCCC)CC1OC(c2cccc(-c3cccc(CNC(=O)CCCCCNC(C)=O)c3)c2)OC(c2ccc(CO)cc2)C1C. The van der Waals surface area contributed by atoms with Gasteiger partial charge >= 0.3 is 0 Å². The molecule has 3 N–H and O–H groups in total. The Morgan fingerprint density at radius 3 is 1.95 bits per heavy atom. The number of rotatable bonds is 28. The van der Waals surface area contributed by atoms with E-state index in [4.69, 9.17) is 9.47 Å². The number of carbonyl (C=O) groups excluding carboxylic acids is 2. The maximum Gasteiger partial charge on any atom is 0.220 e. The van der Waals surface area contributed by atoms with Crippen molar-refractivity contribution in [1.29, 1.82) is 0 Å². The van der Waals surface area contributed by atoms with E-state index in [0.717, 1.165) is 72.3 Å². The summed E-state index contributed by atoms with van der Waals surface area (Å²) >= 11 is 0. The lowest BCUT2D eigenvalue weighted by molar-refractivity contribution is -0.276. The van der Waals surface area contributed by atoms with Gasteiger partial charge in [0, 0.05) is 44.5 Å². The van der Waals surface area contributed by atoms with Crippen LogP contribution in [0, 0.1) is 5.92 Å². The predicted octanol–water partition coefficient (Wildman–Crippen LogP) is 11.0. The van der Waals surface area contributed by atoms with E-state index in [-0.39, 0.29) is 36.5 Å². The molecule has 58 heavy (non-hydrogen) atoms. The first kappa shape index (κ1) is 47.1. The van der Waals surface area contributed by atoms with Crippen LogP contribution in [0.4, 0.5) is 0 Å². The average Bonchev–Trinajstić information content (AvgIpc) is 3.24. The quantitative estimate of drug-likeness (QED) is 0.0633. The van der Waals surface area contributed by atoms with Gasteiger partial charge in [-0.2, -0.15) is 0 Å². The van der Waals surface area contributed by atoms with E-state index < -0.39 is 6.29 Å². The van der Waals surface area contributed by atoms with E-state index in [2.05, 4.69) is 90.9 Å². The van der Waals surface area contributed by atoms with Gasteiger partial charge < -0.3 is 30.1 Å². The van der Waals surface area contributed by atoms with Gasteiger partial charge in [-0.1, -0.05) is 152 Å². The molecule has 1 saturated heterocycles. The van der Waals surface area contributed by atoms with Crippen LogP contribution in [0.2, 0.25) is 0 Å². The summed E-state index contributed by atoms with van der Waals surface area (Å²) in [5.74, 6) is 0.155. The molecule has 2 amide bonds. The number of hydrogen-bond donors (Lipinski definition) is 3. The van der Waals surface area contributed by atoms with Crippen molar-refractivity contribution in [2.45, 2.75) is 162 Å². The third kappa shape index (κ3) is 17.0. The minimum atomic E-state index is -0.533. The van der Waals surface area contributed by atoms with Gasteiger partial charge in [0.05, 0.1) is 18.8 Å². The zero-order chi connectivity index (χ0) is 41.4. The highest BCUT2D eigenvalue weighted by Gasteiger charge is 2.39. The van der Waals surface area contributed by atoms with Crippen LogP contribution in [0.3, 0.4) is 0 Å². The first-order valence-corrected chi connectivity index (χ1v) is 22.7. The molecule has 0 saturated carbocycles. The number of hydrogen-bond acceptors (Lipinski definition) is 6. The Hall–Kier alpha value is -3.56. The highest BCUT2D eigenvalue weighted by molar-refractivity contribution is 5.76. The maximum atomic E-state index is 12.6. The van der Waals surface area contributed by atoms with Crippen LogP contribution < -0.4 is 10.6 Å². The Balaban J connectivity index is 1.47. The Morgan fingerprint density at radius 1 is 0.672 bits per heavy atom. The lowest BCUT2D eigenvalue weighted by Crippen LogP contribution is -2.45. The van der Waals surface area contributed by atoms with Crippen LogP contribution in [0.15, 0.2) is 72.8 Å². The summed E-state index contributed by atoms with van der Waals surface area (Å²) in [6.07, 6.45) is 17.8. The van der Waals surface area contributed by atoms with E-state index in [9.17, 15) is 14.7 Å². The normalized spacial score (nSPS) is 18.0. The molecule has 4 rings (SSSR count). The lowest BCUT2D eigenvalue weighted by atomic mass is 9.89. The molecule has 1 fully saturated rings. The molecule has 0 radical (unpaired) electrons. The molecule has 4 atom stereocenters. The third-order valence-corrected chi connectivity index (χ3v) is 11.6. The van der Waals surface area contributed by atoms with Crippen molar-refractivity contribution in [3.63, 3.8) is 0 Å². The number of aliphatic hydroxyl groups is 1. The second-order valence-electron chi connectivity index (χ2n) is 16.6. The van der Waals surface area contributed by atoms with Crippen LogP contribution >= 0.6 is 0 Å². The van der Waals surface area contributed by atoms with Crippen molar-refractivity contribution >= 4 is 11.8 Å². The molecular formula is C50H75N3O5. The number of nitrogens with zero attached hydrogens (tertiary/aromatic N) is 1. The van der Waals surface area contributed by atoms with Gasteiger partial charge in [-0.25, -0.2) is 0 Å². The van der Waals surface area contributed by atoms with E-state index in [1.165, 1.54) is 84.0 Å². The first-order valence-electron chi connectivity index (χ1n) is 22.7. The Morgan fingerprint density at radius 2 is 1.29 bits per heavy atom. The molecule has 8 heteroatoms. The van der Waals surface area contributed by atoms with Crippen molar-refractivity contribution in [3.05, 3.63) is 95.1 Å². The average molecular weight is 798 g/mol. The monoisotopic (exact) mass is 798 g/mol. The molecule has 0 aliphatic carbocycles. The zero-order valence-electron chi connectivity index (χ0n) is 36.3. The van der Waals surface area contributed by atoms with Crippen LogP contribution in [0.1, 0.15) is 165 Å². The predicted molar refractivity (Wildman–Crippen MR) is 237 cm³/mol. The van der Waals surface area contributed by atoms with Gasteiger partial charge in [0.15, 0.2) is 6.29 Å². The van der Waals surface area contributed by atoms with E-state index in [0.29, 0.717) is 19.5 Å². The number of nitrogens with one attached hydrogen (secondary N) is 2. The summed E-state index contributed by atoms with van der Waals surface area (Å²) in [6.45, 7) is 12.6. The van der Waals surface area contributed by atoms with Crippen LogP contribution in [-0.4, -0.2) is 54.1 Å². The van der Waals surface area contributed by atoms with Crippen molar-refractivity contribution in [3.8, 4) is 11.1 Å². The summed E-state index contributed by atoms with van der Waals surface area (Å²) in [4.78, 5) is 26.3. The first-order chi connectivity index (χ1) is 28.3. The zero-order valence-corrected chi connectivity index (χ0v) is 36.3. The van der Waals surface area contributed by atoms with Gasteiger partial charge in [0.2, 0.25) is 11.8 Å². The van der Waals surface area contributed by atoms with Crippen molar-refractivity contribution in [2.75, 3.05) is 26.2 Å². The molecule has 3 aromatic rings. The van der Waals surface area contributed by atoms with E-state index >= 15 is 0 Å². The Labute approximate surface area is 350 Å². The second-order valence-corrected chi connectivity index (χ2v) is 16.6. The number of carbonyl (C=O) groups is 2. The highest BCUT2D eigenvalue weighted by atomic mass is 16.7. The number of unbranched alkanes of at least 4 members (excludes halogenated alkanes) is 12. The van der Waals surface area contributed by atoms with Crippen LogP contribution in [0.25, 0.3) is 11.1 Å². The lowest BCUT2D eigenvalue weighted by Gasteiger charge is -2.43. The Bertz CT molecular complexity index is 1580. The molecule has 1 heterocycles. The molecule has 8 nitrogen and oxygen atoms in total. The third-order valence-electron chi connectivity index (χ3n) is 11.6. The fourth-order valence-corrected chi connectivity index (χ4v) is 7.97. The summed E-state index contributed by atoms with van der Waals surface area (Å²) < 4.78 is 13.9. The van der Waals surface area contributed by atoms with E-state index in [1.807, 2.05) is 18.2 Å². The molecule has 4 unspecified atom stereocenters. The van der Waals surface area contributed by atoms with Crippen LogP contribution in [-0.2, 0) is 32.2 Å². The fraction of sp³-hybridized carbons (Fsp3) is 0.600. The summed E-state index contributed by atoms with van der Waals surface area (Å²) in [5.41, 5.74) is 6.18. The van der Waals surface area contributed by atoms with Gasteiger partial charge in [-0.3, -0.25) is 9.59 Å². The minimum absolute atomic E-state index is 0.0179. The topological polar surface area (TPSA) is 100 Å². The smallest absolute Gasteiger partial charge is 0.220 e. The van der Waals surface area contributed by atoms with Gasteiger partial charge in [-0.05, 0) is 78.7 Å². The van der Waals surface area contributed by atoms with Crippen molar-refractivity contribution in [1.82, 2.24) is 15.5 Å². The summed E-state index contributed by atoms with van der Waals surface area (Å²) in [6, 6.07) is 25.1. The molecule has 1 aliphatic heterocycles.